The topological polar surface area (TPSA) is 3.24 Å². The van der Waals surface area contributed by atoms with Gasteiger partial charge in [-0.15, -0.1) is 5.98 Å². The van der Waals surface area contributed by atoms with Crippen molar-refractivity contribution in [3.63, 3.8) is 0 Å². The minimum atomic E-state index is 0.222. The molecular formula is C61H49BN. The second kappa shape index (κ2) is 17.0. The minimum Gasteiger partial charge on any atom is -0.311 e. The summed E-state index contributed by atoms with van der Waals surface area (Å²) in [5.41, 5.74) is 19.5. The molecule has 0 amide bonds. The van der Waals surface area contributed by atoms with Crippen LogP contribution in [0.3, 0.4) is 0 Å². The Morgan fingerprint density at radius 2 is 1.11 bits per heavy atom. The Hall–Kier alpha value is -7.16. The Bertz CT molecular complexity index is 2860. The van der Waals surface area contributed by atoms with E-state index in [9.17, 15) is 0 Å². The molecule has 4 atom stereocenters. The smallest absolute Gasteiger partial charge is 0.155 e. The molecule has 1 radical (unpaired) electrons. The van der Waals surface area contributed by atoms with Crippen molar-refractivity contribution in [2.75, 3.05) is 4.90 Å². The van der Waals surface area contributed by atoms with Gasteiger partial charge in [0.15, 0.2) is 7.28 Å². The Morgan fingerprint density at radius 1 is 0.524 bits per heavy atom. The van der Waals surface area contributed by atoms with Gasteiger partial charge in [-0.25, -0.2) is 0 Å². The molecule has 63 heavy (non-hydrogen) atoms. The van der Waals surface area contributed by atoms with Gasteiger partial charge in [-0.1, -0.05) is 195 Å². The first-order valence-electron chi connectivity index (χ1n) is 22.6. The van der Waals surface area contributed by atoms with Gasteiger partial charge in [0.1, 0.15) is 0 Å². The molecule has 0 aromatic heterocycles. The maximum atomic E-state index is 2.51. The largest absolute Gasteiger partial charge is 0.311 e. The third kappa shape index (κ3) is 7.61. The predicted octanol–water partition coefficient (Wildman–Crippen LogP) is 15.6. The van der Waals surface area contributed by atoms with E-state index in [1.807, 2.05) is 0 Å². The van der Waals surface area contributed by atoms with Crippen molar-refractivity contribution >= 4 is 18.7 Å². The number of fused-ring (bicyclic) bond motifs is 3. The van der Waals surface area contributed by atoms with Crippen LogP contribution in [0, 0.1) is 5.92 Å². The summed E-state index contributed by atoms with van der Waals surface area (Å²) in [6.07, 6.45) is 21.8. The summed E-state index contributed by atoms with van der Waals surface area (Å²) in [6.45, 7) is 2.43. The van der Waals surface area contributed by atoms with Crippen molar-refractivity contribution in [2.24, 2.45) is 5.92 Å². The van der Waals surface area contributed by atoms with Gasteiger partial charge in [0.25, 0.3) is 0 Å². The van der Waals surface area contributed by atoms with E-state index in [4.69, 9.17) is 0 Å². The summed E-state index contributed by atoms with van der Waals surface area (Å²) in [6, 6.07) is 65.1. The molecule has 0 bridgehead atoms. The van der Waals surface area contributed by atoms with Crippen molar-refractivity contribution in [1.29, 1.82) is 0 Å². The molecule has 7 aromatic rings. The zero-order valence-electron chi connectivity index (χ0n) is 35.6. The quantitative estimate of drug-likeness (QED) is 0.124. The summed E-state index contributed by atoms with van der Waals surface area (Å²) in [5.74, 6) is 3.61. The van der Waals surface area contributed by atoms with Gasteiger partial charge < -0.3 is 4.90 Å². The van der Waals surface area contributed by atoms with Crippen LogP contribution in [0.1, 0.15) is 64.7 Å². The Morgan fingerprint density at radius 3 is 1.67 bits per heavy atom. The first-order valence-corrected chi connectivity index (χ1v) is 22.6. The molecule has 3 aliphatic carbocycles. The van der Waals surface area contributed by atoms with Crippen LogP contribution >= 0.6 is 0 Å². The first-order chi connectivity index (χ1) is 31.1. The lowest BCUT2D eigenvalue weighted by atomic mass is 9.60. The van der Waals surface area contributed by atoms with Crippen LogP contribution in [0.5, 0.6) is 0 Å². The van der Waals surface area contributed by atoms with Crippen LogP contribution in [0.4, 0.5) is 11.4 Å². The average Bonchev–Trinajstić information content (AvgIpc) is 3.99. The van der Waals surface area contributed by atoms with Crippen molar-refractivity contribution in [3.05, 3.63) is 276 Å². The van der Waals surface area contributed by atoms with Crippen LogP contribution < -0.4 is 4.90 Å². The molecular weight excluding hydrogens is 757 g/mol. The van der Waals surface area contributed by atoms with Gasteiger partial charge >= 0.3 is 0 Å². The summed E-state index contributed by atoms with van der Waals surface area (Å²) in [5, 5.41) is 0. The normalized spacial score (nSPS) is 18.9. The van der Waals surface area contributed by atoms with E-state index in [1.54, 1.807) is 0 Å². The molecule has 0 fully saturated rings. The van der Waals surface area contributed by atoms with E-state index in [0.717, 1.165) is 17.8 Å². The van der Waals surface area contributed by atoms with E-state index < -0.39 is 0 Å². The molecule has 1 aliphatic heterocycles. The fraction of sp³-hybridized carbons (Fsp3) is 0.115. The van der Waals surface area contributed by atoms with Crippen molar-refractivity contribution in [1.82, 2.24) is 0 Å². The fourth-order valence-electron chi connectivity index (χ4n) is 10.3. The summed E-state index contributed by atoms with van der Waals surface area (Å²) in [4.78, 5) is 2.42. The minimum absolute atomic E-state index is 0.222. The molecule has 4 unspecified atom stereocenters. The van der Waals surface area contributed by atoms with Gasteiger partial charge in [0, 0.05) is 34.8 Å². The lowest BCUT2D eigenvalue weighted by Gasteiger charge is -2.29. The van der Waals surface area contributed by atoms with Gasteiger partial charge in [0.05, 0.1) is 0 Å². The molecule has 11 rings (SSSR count). The van der Waals surface area contributed by atoms with Gasteiger partial charge in [-0.2, -0.15) is 0 Å². The second-order valence-electron chi connectivity index (χ2n) is 17.4. The van der Waals surface area contributed by atoms with E-state index in [2.05, 4.69) is 256 Å². The van der Waals surface area contributed by atoms with Crippen LogP contribution in [-0.4, -0.2) is 7.28 Å². The maximum Gasteiger partial charge on any atom is 0.155 e. The Labute approximate surface area is 373 Å². The lowest BCUT2D eigenvalue weighted by Crippen LogP contribution is -2.17. The zero-order chi connectivity index (χ0) is 42.1. The number of allylic oxidation sites excluding steroid dienone is 10. The van der Waals surface area contributed by atoms with E-state index >= 15 is 0 Å². The van der Waals surface area contributed by atoms with Crippen LogP contribution in [0.25, 0.3) is 33.4 Å². The highest BCUT2D eigenvalue weighted by Gasteiger charge is 2.35. The lowest BCUT2D eigenvalue weighted by molar-refractivity contribution is 0.613. The highest BCUT2D eigenvalue weighted by molar-refractivity contribution is 6.45. The van der Waals surface area contributed by atoms with Crippen molar-refractivity contribution in [3.8, 4) is 33.4 Å². The Kier molecular flexibility index (Phi) is 10.4. The first kappa shape index (κ1) is 38.7. The Balaban J connectivity index is 0.884. The molecule has 7 aromatic carbocycles. The number of rotatable bonds is 10. The van der Waals surface area contributed by atoms with Gasteiger partial charge in [0.2, 0.25) is 0 Å². The number of nitrogens with zero attached hydrogens (tertiary/aromatic N) is 1. The molecule has 1 nitrogen and oxygen atoms in total. The third-order valence-corrected chi connectivity index (χ3v) is 13.7. The number of anilines is 2. The monoisotopic (exact) mass is 806 g/mol. The van der Waals surface area contributed by atoms with E-state index in [0.29, 0.717) is 17.7 Å². The summed E-state index contributed by atoms with van der Waals surface area (Å²) in [7, 11) is 2.26. The second-order valence-corrected chi connectivity index (χ2v) is 17.4. The molecule has 2 heteroatoms. The summed E-state index contributed by atoms with van der Waals surface area (Å²) < 4.78 is 0. The van der Waals surface area contributed by atoms with Crippen LogP contribution in [0.15, 0.2) is 248 Å². The summed E-state index contributed by atoms with van der Waals surface area (Å²) >= 11 is 0. The van der Waals surface area contributed by atoms with E-state index in [-0.39, 0.29) is 11.8 Å². The highest BCUT2D eigenvalue weighted by atomic mass is 15.1. The van der Waals surface area contributed by atoms with Crippen LogP contribution in [0.2, 0.25) is 0 Å². The van der Waals surface area contributed by atoms with E-state index in [1.165, 1.54) is 72.5 Å². The maximum absolute atomic E-state index is 2.51. The molecule has 4 aliphatic rings. The predicted molar refractivity (Wildman–Crippen MR) is 267 cm³/mol. The van der Waals surface area contributed by atoms with Gasteiger partial charge in [-0.05, 0) is 127 Å². The number of benzene rings is 7. The van der Waals surface area contributed by atoms with Crippen LogP contribution in [-0.2, 0) is 0 Å². The number of hydrogen-bond acceptors (Lipinski definition) is 1. The third-order valence-electron chi connectivity index (χ3n) is 13.7. The molecule has 0 spiro atoms. The van der Waals surface area contributed by atoms with Crippen molar-refractivity contribution < 1.29 is 0 Å². The highest BCUT2D eigenvalue weighted by Crippen LogP contribution is 2.52. The SMILES string of the molecule is CC(C1=CC(c2ccc(N(C3=CCC(c4ccccc4)C=C3)c3ccc(C4[B]C=CC=C4)cc3)cc2)C=C1)C1c2ccc(-c3ccccc3)cc2-c2cc(-c3ccccc3)ccc21. The molecule has 0 saturated carbocycles. The standard InChI is InChI=1S/C61H49BN/c1-42(61-56-36-28-51(44-15-7-3-8-16-44)40-58(56)59-41-52(29-37-57(59)61)45-17-9-4-10-18-45)49-20-21-50(39-49)47-24-32-54(33-25-47)63(53-30-22-46(23-31-53)43-13-5-2-6-14-43)55-34-26-48(27-35-55)60-19-11-12-38-62-60/h2-22,24-42,46,50,60-61H,23H2,1H3. The zero-order valence-corrected chi connectivity index (χ0v) is 35.6. The molecule has 301 valence electrons. The molecule has 0 N–H and O–H groups in total. The van der Waals surface area contributed by atoms with Crippen molar-refractivity contribution in [2.45, 2.75) is 36.9 Å². The fourth-order valence-corrected chi connectivity index (χ4v) is 10.3. The molecule has 0 saturated heterocycles. The number of hydrogen-bond donors (Lipinski definition) is 0. The molecule has 1 heterocycles. The van der Waals surface area contributed by atoms with Gasteiger partial charge in [-0.3, -0.25) is 0 Å². The average molecular weight is 807 g/mol.